The van der Waals surface area contributed by atoms with E-state index in [2.05, 4.69) is 82.7 Å². The van der Waals surface area contributed by atoms with Crippen molar-refractivity contribution in [1.29, 1.82) is 0 Å². The monoisotopic (exact) mass is 2070 g/mol. The van der Waals surface area contributed by atoms with Gasteiger partial charge in [0, 0.05) is 81.0 Å². The number of anilines is 3. The number of hydrogen-bond donors (Lipinski definition) is 12. The van der Waals surface area contributed by atoms with Crippen LogP contribution in [0.5, 0.6) is 0 Å². The molecule has 9 saturated heterocycles. The van der Waals surface area contributed by atoms with Gasteiger partial charge in [-0.2, -0.15) is 24.3 Å². The Kier molecular flexibility index (Phi) is 25.9. The first-order chi connectivity index (χ1) is 62.2. The lowest BCUT2D eigenvalue weighted by Gasteiger charge is -2.27. The first-order valence-electron chi connectivity index (χ1n) is 39.1. The normalized spacial score (nSPS) is 37.3. The second kappa shape index (κ2) is 36.3. The number of nitrogen functional groups attached to an aromatic ring is 3. The molecule has 14 N–H and O–H groups in total. The van der Waals surface area contributed by atoms with Gasteiger partial charge in [0.15, 0.2) is 88.1 Å². The van der Waals surface area contributed by atoms with E-state index in [4.69, 9.17) is 154 Å². The summed E-state index contributed by atoms with van der Waals surface area (Å²) < 4.78 is 152. The zero-order chi connectivity index (χ0) is 92.0. The maximum absolute atomic E-state index is 16.0. The van der Waals surface area contributed by atoms with Crippen LogP contribution in [0.1, 0.15) is 113 Å². The largest absolute Gasteiger partial charge is 0.386 e. The highest BCUT2D eigenvalue weighted by atomic mass is 32.7. The summed E-state index contributed by atoms with van der Waals surface area (Å²) in [6, 6.07) is 4.68. The molecular formula is C64H71F2N23O29P6S7. The molecule has 0 spiro atoms. The molecule has 67 heteroatoms. The average Bonchev–Trinajstić information content (AvgIpc) is 1.58. The number of nitrogens with zero attached hydrogens (tertiary/aromatic N) is 17. The number of ether oxygens (including phenoxy) is 5. The van der Waals surface area contributed by atoms with Crippen molar-refractivity contribution in [3.05, 3.63) is 90.9 Å². The number of thiol groups is 1. The molecule has 9 aromatic rings. The third-order valence-electron chi connectivity index (χ3n) is 22.0. The number of thioether (sulfide) groups is 1. The molecule has 26 atom stereocenters. The number of halogens is 2. The quantitative estimate of drug-likeness (QED) is 0.0820. The molecule has 0 aliphatic carbocycles. The van der Waals surface area contributed by atoms with Crippen LogP contribution in [0, 0.1) is 0 Å². The van der Waals surface area contributed by atoms with E-state index in [0.29, 0.717) is 22.5 Å². The molecule has 0 saturated carbocycles. The van der Waals surface area contributed by atoms with E-state index in [0.717, 1.165) is 4.68 Å². The van der Waals surface area contributed by atoms with Crippen molar-refractivity contribution in [1.82, 2.24) is 83.1 Å². The van der Waals surface area contributed by atoms with Gasteiger partial charge in [0.2, 0.25) is 17.8 Å². The highest BCUT2D eigenvalue weighted by Crippen LogP contribution is 2.62. The molecule has 131 heavy (non-hydrogen) atoms. The molecule has 6 bridgehead atoms. The number of carbonyl (C=O) groups excluding carboxylic acids is 3. The lowest BCUT2D eigenvalue weighted by atomic mass is 10.1. The number of Topliss-reactive ketones (excluding diaryl/α,β-unsaturated/α-hetero) is 3. The number of imidazole rings is 1. The highest BCUT2D eigenvalue weighted by molar-refractivity contribution is 8.44. The van der Waals surface area contributed by atoms with Crippen molar-refractivity contribution in [3.63, 3.8) is 0 Å². The van der Waals surface area contributed by atoms with Gasteiger partial charge in [0.1, 0.15) is 71.8 Å². The van der Waals surface area contributed by atoms with E-state index in [-0.39, 0.29) is 152 Å². The molecule has 21 heterocycles. The summed E-state index contributed by atoms with van der Waals surface area (Å²) in [5.41, 5.74) is 16.4. The van der Waals surface area contributed by atoms with Crippen LogP contribution >= 0.6 is 64.4 Å². The standard InChI is InChI=1S/C22H24FN7O9P2S3.C21H23FN8O10P2S2.C21H24N8O10P2S2/c23-14-16-13(37-20(14)29-4-2-10-11(31)1-3-25-17(10)29)7-36-40(33,42)38-12-5-9(6-35-41(34,43)39-16)44-21(12)30-8-26-15-18(30)27-22(24)28-19(15)32;22-13-15-12(38-20(13)29-4-2-9-10(31)1-3-24-16(9)29)7-36-41(33,43)39-11-5-8(6-35-42(34,44)40-15)37-19(11)30-17-14(27-28-30)18(32)26-21(23)25-17;22-21-24-18-16(19(31)25-21)26-27-29(18)20-13-5-9(36-20)7-34-40(32,42)38-12-6-15(37-14(12)8-35-41(33,43)39-13)28-4-2-10-11(30)1-3-23-17(10)28/h2-4,8-9,12-14,16,20-21H,1,5-7H2,(H,33,42)(H,34,43)(H3,24,27,28,32);2-4,8,11-13,15,19-20H,1,5-7H2,(H,33,43)(H,34,44)(H3,23,25,26,32);2-4,9,12-15,20H,1,5-8H2,(H,32,42)(H,33,43)(H3,22,24,25,31)/t9-,12+,13+,14-,16+,20+,21+,40?,41?;8-,11+,12+,13-,15+,19+,20+,41?,42?;9-,12-,13+,14+,15+,20+,40?,41?/m000/s1. The van der Waals surface area contributed by atoms with E-state index < -0.39 is 192 Å². The van der Waals surface area contributed by atoms with Crippen LogP contribution in [-0.4, -0.2) is 268 Å². The molecule has 0 amide bonds. The summed E-state index contributed by atoms with van der Waals surface area (Å²) in [6.07, 6.45) is -9.89. The van der Waals surface area contributed by atoms with Gasteiger partial charge in [-0.3, -0.25) is 66.4 Å². The third-order valence-corrected chi connectivity index (χ3v) is 33.1. The minimum Gasteiger partial charge on any atom is -0.369 e. The Balaban J connectivity index is 0.000000127. The number of aliphatic imine (C=N–C) groups is 3. The predicted molar refractivity (Wildman–Crippen MR) is 470 cm³/mol. The number of carbonyl (C=O) groups is 3. The number of ketones is 3. The van der Waals surface area contributed by atoms with Gasteiger partial charge in [0.25, 0.3) is 16.7 Å². The lowest BCUT2D eigenvalue weighted by Crippen LogP contribution is -2.34. The van der Waals surface area contributed by atoms with Gasteiger partial charge in [-0.15, -0.1) is 22.0 Å². The number of fused-ring (bicyclic) bond motifs is 15. The second-order valence-electron chi connectivity index (χ2n) is 30.6. The molecular weight excluding hydrogens is 2000 g/mol. The third kappa shape index (κ3) is 19.2. The molecule has 702 valence electrons. The fraction of sp³-hybridized carbons (Fsp3) is 0.516. The Morgan fingerprint density at radius 3 is 1.35 bits per heavy atom. The Bertz CT molecular complexity index is 6440. The van der Waals surface area contributed by atoms with Crippen LogP contribution in [0.15, 0.2) is 72.5 Å². The van der Waals surface area contributed by atoms with Crippen molar-refractivity contribution < 1.29 is 130 Å². The van der Waals surface area contributed by atoms with Gasteiger partial charge < -0.3 is 115 Å². The molecule has 12 aliphatic heterocycles. The zero-order valence-electron chi connectivity index (χ0n) is 66.2. The maximum atomic E-state index is 16.0. The minimum absolute atomic E-state index is 0.0109. The molecule has 21 rings (SSSR count). The molecule has 9 aromatic heterocycles. The fourth-order valence-corrected chi connectivity index (χ4v) is 26.8. The van der Waals surface area contributed by atoms with Gasteiger partial charge in [0.05, 0.1) is 87.1 Å². The molecule has 6 unspecified atom stereocenters. The number of nitrogens with one attached hydrogen (secondary N) is 3. The van der Waals surface area contributed by atoms with E-state index in [1.54, 1.807) is 21.4 Å². The lowest BCUT2D eigenvalue weighted by molar-refractivity contribution is -0.0638. The highest BCUT2D eigenvalue weighted by Gasteiger charge is 2.56. The van der Waals surface area contributed by atoms with Crippen molar-refractivity contribution in [2.75, 3.05) is 56.8 Å². The van der Waals surface area contributed by atoms with Crippen LogP contribution < -0.4 is 33.9 Å². The summed E-state index contributed by atoms with van der Waals surface area (Å²) in [6.45, 7) is -26.3. The SMILES string of the molecule is Nc1nc2c(ncn2[C@@H]2S[C@@H]3COP(O)(=S)O[C@H]4[C@H](F)[C@H](n5ccc6c5N=CCC6=O)O[C@@H]4COP(=O)(S)O[C@@H]2C3)c(=O)[nH]1.Nc1nc2c(nnn2[C@@H]2O[C@@H]3COP(O)(=S)O[C@H]4C[C@H](n5ccc6c5N=CCC6=O)O[C@@H]4COP(O)(=S)O[C@@H]2C3)c(=O)[nH]1.Nc1nc2c(nnn2[C@@H]2O[C@@H]3COP(O)(=S)O[C@H]4[C@H](F)[C@H](n5ccc6c5N=CCC6=O)O[C@@H]4COP(O)(=S)O[C@@H]2C3)c(=O)[nH]1. The van der Waals surface area contributed by atoms with E-state index in [9.17, 15) is 57.8 Å². The second-order valence-corrected chi connectivity index (χ2v) is 48.9. The van der Waals surface area contributed by atoms with Crippen molar-refractivity contribution >= 4 is 228 Å². The Labute approximate surface area is 765 Å². The number of aromatic nitrogens is 17. The number of alkyl halides is 2. The number of H-pyrrole nitrogens is 3. The van der Waals surface area contributed by atoms with Crippen LogP contribution in [0.3, 0.4) is 0 Å². The van der Waals surface area contributed by atoms with Crippen LogP contribution in [0.25, 0.3) is 33.5 Å². The van der Waals surface area contributed by atoms with E-state index in [1.807, 2.05) is 0 Å². The van der Waals surface area contributed by atoms with Crippen molar-refractivity contribution in [2.24, 2.45) is 15.0 Å². The fourth-order valence-electron chi connectivity index (χ4n) is 16.3. The Morgan fingerprint density at radius 2 is 0.863 bits per heavy atom. The maximum Gasteiger partial charge on any atom is 0.386 e. The first kappa shape index (κ1) is 93.4. The van der Waals surface area contributed by atoms with Crippen molar-refractivity contribution in [2.45, 2.75) is 166 Å². The number of aromatic amines is 3. The predicted octanol–water partition coefficient (Wildman–Crippen LogP) is 4.18. The molecule has 0 aromatic carbocycles. The topological polar surface area (TPSA) is 673 Å². The zero-order valence-corrected chi connectivity index (χ0v) is 77.4. The summed E-state index contributed by atoms with van der Waals surface area (Å²) in [7, 11) is 0. The van der Waals surface area contributed by atoms with Gasteiger partial charge in [-0.1, -0.05) is 22.7 Å². The first-order valence-corrected chi connectivity index (χ1v) is 55.7. The smallest absolute Gasteiger partial charge is 0.369 e. The van der Waals surface area contributed by atoms with Gasteiger partial charge >= 0.3 is 40.4 Å². The van der Waals surface area contributed by atoms with Crippen LogP contribution in [0.4, 0.5) is 44.1 Å². The summed E-state index contributed by atoms with van der Waals surface area (Å²) in [5.74, 6) is -0.107. The molecule has 52 nitrogen and oxygen atoms in total. The number of hydrogen-bond acceptors (Lipinski definition) is 44. The Morgan fingerprint density at radius 1 is 0.450 bits per heavy atom. The number of rotatable bonds is 6. The molecule has 12 aliphatic rings. The van der Waals surface area contributed by atoms with Crippen LogP contribution in [0.2, 0.25) is 0 Å². The minimum atomic E-state index is -4.14. The summed E-state index contributed by atoms with van der Waals surface area (Å²) in [4.78, 5) is 165. The summed E-state index contributed by atoms with van der Waals surface area (Å²) in [5, 5.41) is 14.6. The van der Waals surface area contributed by atoms with Gasteiger partial charge in [-0.05, 0) is 83.7 Å². The van der Waals surface area contributed by atoms with E-state index >= 15 is 8.78 Å². The molecule has 0 radical (unpaired) electrons. The van der Waals surface area contributed by atoms with Gasteiger partial charge in [-0.25, -0.2) is 33.3 Å². The van der Waals surface area contributed by atoms with E-state index in [1.165, 1.54) is 75.1 Å². The Hall–Kier alpha value is -6.67. The van der Waals surface area contributed by atoms with Crippen molar-refractivity contribution in [3.8, 4) is 0 Å². The number of nitrogens with two attached hydrogens (primary N) is 3. The summed E-state index contributed by atoms with van der Waals surface area (Å²) >= 11 is 31.8. The van der Waals surface area contributed by atoms with Crippen LogP contribution in [-0.2, 0) is 142 Å². The average molecular weight is 2070 g/mol. The molecule has 9 fully saturated rings.